The summed E-state index contributed by atoms with van der Waals surface area (Å²) < 4.78 is 52.5. The lowest BCUT2D eigenvalue weighted by atomic mass is 10.0. The van der Waals surface area contributed by atoms with Gasteiger partial charge in [-0.1, -0.05) is 145 Å². The zero-order chi connectivity index (χ0) is 43.4. The van der Waals surface area contributed by atoms with Crippen LogP contribution in [0.3, 0.4) is 0 Å². The number of aryl methyl sites for hydroxylation is 1. The normalized spacial score (nSPS) is 13.5. The van der Waals surface area contributed by atoms with Crippen molar-refractivity contribution in [2.45, 2.75) is 148 Å². The van der Waals surface area contributed by atoms with Crippen LogP contribution in [0, 0.1) is 11.3 Å². The molecule has 0 aliphatic rings. The SMILES string of the molecule is CCCCCCCCCCCCCCCCCCOC[C@H](COP(=O)(OC[C@H](CCc1ccc2c(N)ncnn12)OCC)Oc1ccccc1Cl)OCc1ccccc1C#N. The van der Waals surface area contributed by atoms with Crippen molar-refractivity contribution in [1.29, 1.82) is 5.26 Å². The van der Waals surface area contributed by atoms with E-state index < -0.39 is 20.0 Å². The molecule has 2 aromatic carbocycles. The summed E-state index contributed by atoms with van der Waals surface area (Å²) in [6.07, 6.45) is 22.2. The molecule has 12 nitrogen and oxygen atoms in total. The van der Waals surface area contributed by atoms with Crippen molar-refractivity contribution in [2.75, 3.05) is 38.8 Å². The third-order valence-electron chi connectivity index (χ3n) is 10.6. The lowest BCUT2D eigenvalue weighted by molar-refractivity contribution is -0.0524. The predicted octanol–water partition coefficient (Wildman–Crippen LogP) is 12.3. The standard InChI is InChI=1S/C47H69ClN5O7P/c1-3-5-6-7-8-9-10-11-12-13-14-15-16-17-18-23-32-55-35-43(57-34-40-25-20-19-24-39(40)33-49)37-59-61(54,60-46-27-22-21-26-44(46)48)58-36-42(56-4-2)30-28-41-29-31-45-47(50)51-38-52-53(41)45/h19-22,24-27,29,31,38,42-43H,3-18,23,28,30,32,34-37H2,1-2H3,(H2,50,51,52)/t42-,43+,61?/m0/s1. The molecule has 61 heavy (non-hydrogen) atoms. The van der Waals surface area contributed by atoms with Gasteiger partial charge in [0, 0.05) is 18.9 Å². The minimum absolute atomic E-state index is 0.0905. The van der Waals surface area contributed by atoms with Gasteiger partial charge in [-0.05, 0) is 62.1 Å². The summed E-state index contributed by atoms with van der Waals surface area (Å²) >= 11 is 6.43. The van der Waals surface area contributed by atoms with E-state index in [9.17, 15) is 9.83 Å². The van der Waals surface area contributed by atoms with Crippen molar-refractivity contribution in [3.63, 3.8) is 0 Å². The highest BCUT2D eigenvalue weighted by Gasteiger charge is 2.33. The molecule has 4 rings (SSSR count). The van der Waals surface area contributed by atoms with Gasteiger partial charge < -0.3 is 24.5 Å². The number of aromatic nitrogens is 3. The minimum atomic E-state index is -4.31. The van der Waals surface area contributed by atoms with Crippen molar-refractivity contribution < 1.29 is 32.3 Å². The van der Waals surface area contributed by atoms with Gasteiger partial charge >= 0.3 is 7.82 Å². The van der Waals surface area contributed by atoms with Crippen LogP contribution in [0.25, 0.3) is 5.52 Å². The number of phosphoric ester groups is 1. The number of unbranched alkanes of at least 4 members (excludes halogenated alkanes) is 15. The molecular weight excluding hydrogens is 813 g/mol. The summed E-state index contributed by atoms with van der Waals surface area (Å²) in [5.41, 5.74) is 8.90. The van der Waals surface area contributed by atoms with Crippen LogP contribution >= 0.6 is 19.4 Å². The molecule has 1 unspecified atom stereocenters. The molecule has 0 bridgehead atoms. The highest BCUT2D eigenvalue weighted by atomic mass is 35.5. The predicted molar refractivity (Wildman–Crippen MR) is 243 cm³/mol. The van der Waals surface area contributed by atoms with E-state index in [1.54, 1.807) is 34.8 Å². The quantitative estimate of drug-likeness (QED) is 0.0347. The van der Waals surface area contributed by atoms with Gasteiger partial charge in [-0.2, -0.15) is 10.4 Å². The van der Waals surface area contributed by atoms with Crippen molar-refractivity contribution in [3.8, 4) is 11.8 Å². The van der Waals surface area contributed by atoms with E-state index in [1.165, 1.54) is 96.2 Å². The van der Waals surface area contributed by atoms with Crippen molar-refractivity contribution in [3.05, 3.63) is 88.8 Å². The Morgan fingerprint density at radius 3 is 2.05 bits per heavy atom. The zero-order valence-electron chi connectivity index (χ0n) is 36.5. The first-order valence-corrected chi connectivity index (χ1v) is 24.4. The van der Waals surface area contributed by atoms with Crippen LogP contribution in [0.15, 0.2) is 67.0 Å². The van der Waals surface area contributed by atoms with Gasteiger partial charge in [0.15, 0.2) is 5.82 Å². The fraction of sp³-hybridized carbons (Fsp3) is 0.596. The number of anilines is 1. The maximum Gasteiger partial charge on any atom is 0.530 e. The molecule has 2 aromatic heterocycles. The first-order valence-electron chi connectivity index (χ1n) is 22.5. The number of nitrogens with two attached hydrogens (primary N) is 1. The molecule has 0 radical (unpaired) electrons. The maximum atomic E-state index is 14.5. The van der Waals surface area contributed by atoms with Crippen LogP contribution in [0.2, 0.25) is 5.02 Å². The van der Waals surface area contributed by atoms with E-state index in [0.29, 0.717) is 37.4 Å². The Kier molecular flexibility index (Phi) is 24.4. The molecule has 0 spiro atoms. The molecule has 0 amide bonds. The van der Waals surface area contributed by atoms with Gasteiger partial charge in [-0.3, -0.25) is 9.05 Å². The van der Waals surface area contributed by atoms with Crippen LogP contribution in [-0.2, 0) is 40.9 Å². The second-order valence-electron chi connectivity index (χ2n) is 15.5. The minimum Gasteiger partial charge on any atom is -0.402 e. The smallest absolute Gasteiger partial charge is 0.402 e. The summed E-state index contributed by atoms with van der Waals surface area (Å²) in [5.74, 6) is 0.542. The number of para-hydroxylation sites is 1. The monoisotopic (exact) mass is 881 g/mol. The Morgan fingerprint density at radius 2 is 1.39 bits per heavy atom. The Morgan fingerprint density at radius 1 is 0.770 bits per heavy atom. The summed E-state index contributed by atoms with van der Waals surface area (Å²) in [6.45, 7) is 5.17. The number of phosphoric acid groups is 1. The number of nitriles is 1. The van der Waals surface area contributed by atoms with Gasteiger partial charge in [0.05, 0.1) is 49.2 Å². The topological polar surface area (TPSA) is 152 Å². The lowest BCUT2D eigenvalue weighted by Crippen LogP contribution is -2.27. The molecule has 0 aliphatic heterocycles. The molecule has 4 aromatic rings. The Balaban J connectivity index is 1.28. The number of halogens is 1. The number of ether oxygens (including phenoxy) is 3. The Bertz CT molecular complexity index is 1890. The molecule has 0 aliphatic carbocycles. The second kappa shape index (κ2) is 29.7. The van der Waals surface area contributed by atoms with Gasteiger partial charge in [0.1, 0.15) is 23.7 Å². The highest BCUT2D eigenvalue weighted by molar-refractivity contribution is 7.48. The molecule has 2 N–H and O–H groups in total. The average Bonchev–Trinajstić information content (AvgIpc) is 3.70. The first kappa shape index (κ1) is 50.1. The number of benzene rings is 2. The van der Waals surface area contributed by atoms with Gasteiger partial charge in [0.2, 0.25) is 0 Å². The van der Waals surface area contributed by atoms with Gasteiger partial charge in [0.25, 0.3) is 0 Å². The number of hydrogen-bond donors (Lipinski definition) is 1. The van der Waals surface area contributed by atoms with Crippen LogP contribution in [0.1, 0.15) is 140 Å². The van der Waals surface area contributed by atoms with E-state index >= 15 is 0 Å². The lowest BCUT2D eigenvalue weighted by Gasteiger charge is -2.25. The van der Waals surface area contributed by atoms with E-state index in [2.05, 4.69) is 23.1 Å². The summed E-state index contributed by atoms with van der Waals surface area (Å²) in [7, 11) is -4.31. The summed E-state index contributed by atoms with van der Waals surface area (Å²) in [4.78, 5) is 4.07. The van der Waals surface area contributed by atoms with Crippen LogP contribution in [-0.4, -0.2) is 59.8 Å². The zero-order valence-corrected chi connectivity index (χ0v) is 38.2. The van der Waals surface area contributed by atoms with E-state index in [4.69, 9.17) is 45.1 Å². The van der Waals surface area contributed by atoms with E-state index in [1.807, 2.05) is 37.3 Å². The first-order chi connectivity index (χ1) is 29.9. The molecule has 336 valence electrons. The molecule has 3 atom stereocenters. The number of hydrogen-bond acceptors (Lipinski definition) is 11. The van der Waals surface area contributed by atoms with E-state index in [-0.39, 0.29) is 37.2 Å². The van der Waals surface area contributed by atoms with Crippen LogP contribution in [0.5, 0.6) is 5.75 Å². The van der Waals surface area contributed by atoms with Crippen LogP contribution in [0.4, 0.5) is 5.82 Å². The Labute approximate surface area is 369 Å². The summed E-state index contributed by atoms with van der Waals surface area (Å²) in [5, 5.41) is 14.3. The molecule has 2 heterocycles. The fourth-order valence-electron chi connectivity index (χ4n) is 7.11. The largest absolute Gasteiger partial charge is 0.530 e. The highest BCUT2D eigenvalue weighted by Crippen LogP contribution is 2.51. The third kappa shape index (κ3) is 19.2. The van der Waals surface area contributed by atoms with Gasteiger partial charge in [-0.25, -0.2) is 14.1 Å². The number of nitrogens with zero attached hydrogens (tertiary/aromatic N) is 4. The Hall–Kier alpha value is -3.53. The van der Waals surface area contributed by atoms with Crippen LogP contribution < -0.4 is 10.3 Å². The molecule has 0 fully saturated rings. The van der Waals surface area contributed by atoms with E-state index in [0.717, 1.165) is 29.6 Å². The average molecular weight is 883 g/mol. The number of nitrogen functional groups attached to an aromatic ring is 1. The number of rotatable bonds is 35. The molecular formula is C47H69ClN5O7P. The summed E-state index contributed by atoms with van der Waals surface area (Å²) in [6, 6.07) is 20.0. The molecule has 0 saturated carbocycles. The second-order valence-corrected chi connectivity index (χ2v) is 17.5. The third-order valence-corrected chi connectivity index (χ3v) is 12.3. The van der Waals surface area contributed by atoms with Gasteiger partial charge in [-0.15, -0.1) is 0 Å². The van der Waals surface area contributed by atoms with Crippen molar-refractivity contribution >= 4 is 30.8 Å². The molecule has 14 heteroatoms. The van der Waals surface area contributed by atoms with Crippen molar-refractivity contribution in [2.24, 2.45) is 0 Å². The van der Waals surface area contributed by atoms with Crippen molar-refractivity contribution in [1.82, 2.24) is 14.6 Å². The maximum absolute atomic E-state index is 14.5. The fourth-order valence-corrected chi connectivity index (χ4v) is 8.61. The number of fused-ring (bicyclic) bond motifs is 1. The molecule has 0 saturated heterocycles.